The van der Waals surface area contributed by atoms with Crippen molar-refractivity contribution in [2.75, 3.05) is 0 Å². The molecule has 0 aliphatic heterocycles. The van der Waals surface area contributed by atoms with Gasteiger partial charge < -0.3 is 9.05 Å². The van der Waals surface area contributed by atoms with Crippen LogP contribution >= 0.6 is 48.2 Å². The predicted octanol–water partition coefficient (Wildman–Crippen LogP) is 12.4. The van der Waals surface area contributed by atoms with Gasteiger partial charge in [-0.05, 0) is 72.3 Å². The highest BCUT2D eigenvalue weighted by atomic mass is 79.9. The first-order chi connectivity index (χ1) is 27.1. The molecule has 0 saturated heterocycles. The van der Waals surface area contributed by atoms with Crippen LogP contribution in [0.2, 0.25) is 0 Å². The van der Waals surface area contributed by atoms with Crippen LogP contribution in [0.15, 0.2) is 215 Å². The van der Waals surface area contributed by atoms with E-state index in [2.05, 4.69) is 238 Å². The minimum Gasteiger partial charge on any atom is -0.464 e. The fourth-order valence-electron chi connectivity index (χ4n) is 7.70. The lowest BCUT2D eigenvalue weighted by molar-refractivity contribution is 0.577. The summed E-state index contributed by atoms with van der Waals surface area (Å²) in [5.74, 6) is 1.64. The fourth-order valence-corrected chi connectivity index (χ4v) is 12.2. The number of benzene rings is 8. The predicted molar refractivity (Wildman–Crippen MR) is 239 cm³/mol. The molecule has 0 saturated carbocycles. The molecule has 55 heavy (non-hydrogen) atoms. The maximum Gasteiger partial charge on any atom is 0.150 e. The highest BCUT2D eigenvalue weighted by molar-refractivity contribution is 9.13. The van der Waals surface area contributed by atoms with Gasteiger partial charge in [-0.15, -0.1) is 0 Å². The quantitative estimate of drug-likeness (QED) is 0.127. The van der Waals surface area contributed by atoms with Crippen molar-refractivity contribution in [3.8, 4) is 22.6 Å². The summed E-state index contributed by atoms with van der Waals surface area (Å²) in [5, 5.41) is 4.57. The Kier molecular flexibility index (Phi) is 10.3. The van der Waals surface area contributed by atoms with Crippen molar-refractivity contribution in [3.05, 3.63) is 237 Å². The Labute approximate surface area is 341 Å². The smallest absolute Gasteiger partial charge is 0.150 e. The first-order valence-electron chi connectivity index (χ1n) is 18.1. The van der Waals surface area contributed by atoms with Crippen LogP contribution in [0, 0.1) is 0 Å². The number of hydrogen-bond acceptors (Lipinski definition) is 2. The van der Waals surface area contributed by atoms with Gasteiger partial charge in [-0.3, -0.25) is 0 Å². The third kappa shape index (κ3) is 6.56. The van der Waals surface area contributed by atoms with Crippen molar-refractivity contribution in [1.29, 1.82) is 0 Å². The molecule has 0 heterocycles. The Morgan fingerprint density at radius 1 is 0.345 bits per heavy atom. The third-order valence-electron chi connectivity index (χ3n) is 10.0. The van der Waals surface area contributed by atoms with E-state index in [1.807, 2.05) is 0 Å². The van der Waals surface area contributed by atoms with E-state index in [1.54, 1.807) is 0 Å². The zero-order valence-electron chi connectivity index (χ0n) is 29.6. The van der Waals surface area contributed by atoms with Crippen molar-refractivity contribution in [1.82, 2.24) is 0 Å². The Hall–Kier alpha value is -4.82. The van der Waals surface area contributed by atoms with Gasteiger partial charge >= 0.3 is 0 Å². The van der Waals surface area contributed by atoms with Crippen LogP contribution in [0.25, 0.3) is 11.1 Å². The summed E-state index contributed by atoms with van der Waals surface area (Å²) < 4.78 is 16.8. The molecule has 0 unspecified atom stereocenters. The minimum atomic E-state index is -1.23. The van der Waals surface area contributed by atoms with Gasteiger partial charge in [0.2, 0.25) is 0 Å². The Morgan fingerprint density at radius 2 is 0.709 bits per heavy atom. The molecule has 0 spiro atoms. The molecule has 0 aromatic heterocycles. The Balaban J connectivity index is 1.33. The van der Waals surface area contributed by atoms with Gasteiger partial charge in [0.1, 0.15) is 11.5 Å². The summed E-state index contributed by atoms with van der Waals surface area (Å²) in [4.78, 5) is 0. The van der Waals surface area contributed by atoms with E-state index in [4.69, 9.17) is 9.05 Å². The van der Waals surface area contributed by atoms with E-state index in [1.165, 1.54) is 11.1 Å². The van der Waals surface area contributed by atoms with Crippen LogP contribution in [0.4, 0.5) is 0 Å². The molecular weight excluding hydrogens is 842 g/mol. The summed E-state index contributed by atoms with van der Waals surface area (Å²) in [6.07, 6.45) is 0. The highest BCUT2D eigenvalue weighted by Crippen LogP contribution is 2.63. The molecule has 0 atom stereocenters. The van der Waals surface area contributed by atoms with Crippen LogP contribution in [0.1, 0.15) is 22.3 Å². The maximum absolute atomic E-state index is 7.44. The van der Waals surface area contributed by atoms with E-state index in [9.17, 15) is 0 Å². The van der Waals surface area contributed by atoms with Crippen LogP contribution < -0.4 is 30.3 Å². The molecule has 0 N–H and O–H groups in total. The first-order valence-corrected chi connectivity index (χ1v) is 22.2. The van der Waals surface area contributed by atoms with Crippen molar-refractivity contribution in [2.45, 2.75) is 5.41 Å². The average molecular weight is 877 g/mol. The normalized spacial score (nSPS) is 12.7. The molecule has 0 amide bonds. The molecule has 1 aliphatic carbocycles. The number of fused-ring (bicyclic) bond motifs is 3. The first kappa shape index (κ1) is 35.9. The molecule has 266 valence electrons. The summed E-state index contributed by atoms with van der Waals surface area (Å²) in [6, 6.07) is 72.7. The van der Waals surface area contributed by atoms with Crippen LogP contribution in [-0.4, -0.2) is 0 Å². The number of rotatable bonds is 10. The molecule has 0 radical (unpaired) electrons. The lowest BCUT2D eigenvalue weighted by Gasteiger charge is -2.37. The van der Waals surface area contributed by atoms with Crippen LogP contribution in [0.3, 0.4) is 0 Å². The number of halogens is 2. The zero-order chi connectivity index (χ0) is 37.2. The lowest BCUT2D eigenvalue weighted by atomic mass is 9.67. The lowest BCUT2D eigenvalue weighted by Crippen LogP contribution is -2.31. The van der Waals surface area contributed by atoms with Crippen molar-refractivity contribution in [3.63, 3.8) is 0 Å². The third-order valence-corrected chi connectivity index (χ3v) is 15.9. The van der Waals surface area contributed by atoms with Gasteiger partial charge in [0, 0.05) is 41.3 Å². The number of para-hydroxylation sites is 2. The number of hydrogen-bond donors (Lipinski definition) is 0. The van der Waals surface area contributed by atoms with Crippen molar-refractivity contribution >= 4 is 69.4 Å². The molecule has 9 rings (SSSR count). The summed E-state index contributed by atoms with van der Waals surface area (Å²) in [5.41, 5.74) is 5.89. The SMILES string of the molecule is Brc1ccc2c(c1Br)C(c1ccccc1OP(c1ccccc1)c1ccccc1)(c1ccccc1OP(c1ccccc1)c1ccccc1)c1ccccc1-2. The van der Waals surface area contributed by atoms with Gasteiger partial charge in [0.05, 0.1) is 5.41 Å². The maximum atomic E-state index is 7.44. The molecule has 8 aromatic carbocycles. The van der Waals surface area contributed by atoms with Crippen molar-refractivity contribution < 1.29 is 9.05 Å². The standard InChI is InChI=1S/C49H34Br2O2P2/c50-44-34-33-40-39-27-13-14-28-41(39)49(47(40)48(44)51,42-29-15-17-31-45(42)52-54(35-19-5-1-6-20-35)36-21-7-2-8-22-36)43-30-16-18-32-46(43)53-55(37-23-9-3-10-24-37)38-25-11-4-12-26-38/h1-34H. The highest BCUT2D eigenvalue weighted by Gasteiger charge is 2.51. The van der Waals surface area contributed by atoms with Gasteiger partial charge in [-0.2, -0.15) is 0 Å². The molecule has 0 fully saturated rings. The van der Waals surface area contributed by atoms with Gasteiger partial charge in [0.25, 0.3) is 0 Å². The van der Waals surface area contributed by atoms with Crippen LogP contribution in [-0.2, 0) is 5.41 Å². The monoisotopic (exact) mass is 874 g/mol. The summed E-state index contributed by atoms with van der Waals surface area (Å²) >= 11 is 8.07. The molecule has 2 nitrogen and oxygen atoms in total. The molecule has 1 aliphatic rings. The summed E-state index contributed by atoms with van der Waals surface area (Å²) in [7, 11) is -2.46. The molecule has 0 bridgehead atoms. The summed E-state index contributed by atoms with van der Waals surface area (Å²) in [6.45, 7) is 0. The van der Waals surface area contributed by atoms with E-state index < -0.39 is 21.7 Å². The van der Waals surface area contributed by atoms with E-state index in [0.29, 0.717) is 0 Å². The minimum absolute atomic E-state index is 0.819. The van der Waals surface area contributed by atoms with E-state index in [-0.39, 0.29) is 0 Å². The van der Waals surface area contributed by atoms with E-state index >= 15 is 0 Å². The van der Waals surface area contributed by atoms with Gasteiger partial charge in [0.15, 0.2) is 16.3 Å². The second-order valence-electron chi connectivity index (χ2n) is 13.2. The van der Waals surface area contributed by atoms with Gasteiger partial charge in [-0.1, -0.05) is 188 Å². The molecular formula is C49H34Br2O2P2. The van der Waals surface area contributed by atoms with Gasteiger partial charge in [-0.25, -0.2) is 0 Å². The topological polar surface area (TPSA) is 18.5 Å². The Bertz CT molecular complexity index is 2380. The fraction of sp³-hybridized carbons (Fsp3) is 0.0204. The second kappa shape index (κ2) is 15.7. The zero-order valence-corrected chi connectivity index (χ0v) is 34.6. The molecule has 6 heteroatoms. The second-order valence-corrected chi connectivity index (χ2v) is 18.4. The van der Waals surface area contributed by atoms with Crippen molar-refractivity contribution in [2.24, 2.45) is 0 Å². The average Bonchev–Trinajstić information content (AvgIpc) is 3.56. The van der Waals surface area contributed by atoms with E-state index in [0.717, 1.165) is 63.9 Å². The van der Waals surface area contributed by atoms with Crippen LogP contribution in [0.5, 0.6) is 11.5 Å². The molecule has 8 aromatic rings. The largest absolute Gasteiger partial charge is 0.464 e. The Morgan fingerprint density at radius 3 is 1.15 bits per heavy atom.